The van der Waals surface area contributed by atoms with Crippen molar-refractivity contribution in [1.29, 1.82) is 5.26 Å². The molecule has 0 bridgehead atoms. The van der Waals surface area contributed by atoms with Gasteiger partial charge in [-0.15, -0.1) is 0 Å². The molecule has 0 saturated heterocycles. The molecule has 0 heterocycles. The van der Waals surface area contributed by atoms with Gasteiger partial charge in [0.2, 0.25) is 0 Å². The van der Waals surface area contributed by atoms with E-state index in [0.29, 0.717) is 11.1 Å². The van der Waals surface area contributed by atoms with Crippen LogP contribution in [0.3, 0.4) is 0 Å². The predicted molar refractivity (Wildman–Crippen MR) is 72.5 cm³/mol. The van der Waals surface area contributed by atoms with Crippen molar-refractivity contribution in [2.75, 3.05) is 13.1 Å². The summed E-state index contributed by atoms with van der Waals surface area (Å²) >= 11 is 0. The molecule has 0 N–H and O–H groups in total. The third kappa shape index (κ3) is 3.14. The van der Waals surface area contributed by atoms with Crippen LogP contribution < -0.4 is 0 Å². The first-order chi connectivity index (χ1) is 9.26. The van der Waals surface area contributed by atoms with Gasteiger partial charge in [0.05, 0.1) is 11.6 Å². The van der Waals surface area contributed by atoms with Crippen molar-refractivity contribution < 1.29 is 4.79 Å². The fourth-order valence-electron chi connectivity index (χ4n) is 2.33. The third-order valence-corrected chi connectivity index (χ3v) is 3.90. The number of nitrogens with zero attached hydrogens (tertiary/aromatic N) is 2. The first-order valence-electron chi connectivity index (χ1n) is 7.05. The van der Waals surface area contributed by atoms with Crippen LogP contribution in [-0.4, -0.2) is 23.9 Å². The maximum absolute atomic E-state index is 12.5. The topological polar surface area (TPSA) is 44.1 Å². The summed E-state index contributed by atoms with van der Waals surface area (Å²) in [6.45, 7) is 1.82. The van der Waals surface area contributed by atoms with E-state index < -0.39 is 0 Å². The van der Waals surface area contributed by atoms with Gasteiger partial charge < -0.3 is 4.90 Å². The van der Waals surface area contributed by atoms with E-state index in [1.165, 1.54) is 25.7 Å². The number of hydrogen-bond acceptors (Lipinski definition) is 2. The summed E-state index contributed by atoms with van der Waals surface area (Å²) in [5, 5.41) is 8.79. The average Bonchev–Trinajstić information content (AvgIpc) is 3.32. The van der Waals surface area contributed by atoms with Crippen LogP contribution in [0.2, 0.25) is 0 Å². The second-order valence-corrected chi connectivity index (χ2v) is 5.79. The molecule has 0 radical (unpaired) electrons. The summed E-state index contributed by atoms with van der Waals surface area (Å²) in [6, 6.07) is 9.07. The van der Waals surface area contributed by atoms with Crippen LogP contribution in [0.25, 0.3) is 0 Å². The van der Waals surface area contributed by atoms with Gasteiger partial charge in [-0.05, 0) is 61.8 Å². The largest absolute Gasteiger partial charge is 0.338 e. The van der Waals surface area contributed by atoms with Crippen molar-refractivity contribution in [3.63, 3.8) is 0 Å². The Morgan fingerprint density at radius 3 is 2.05 bits per heavy atom. The second-order valence-electron chi connectivity index (χ2n) is 5.79. The fraction of sp³-hybridized carbons (Fsp3) is 0.500. The number of hydrogen-bond donors (Lipinski definition) is 0. The van der Waals surface area contributed by atoms with E-state index in [1.54, 1.807) is 24.3 Å². The normalized spacial score (nSPS) is 17.8. The summed E-state index contributed by atoms with van der Waals surface area (Å²) in [5.41, 5.74) is 1.31. The lowest BCUT2D eigenvalue weighted by Crippen LogP contribution is -2.34. The Kier molecular flexibility index (Phi) is 3.25. The van der Waals surface area contributed by atoms with Crippen LogP contribution in [-0.2, 0) is 0 Å². The van der Waals surface area contributed by atoms with Crippen LogP contribution in [0.4, 0.5) is 0 Å². The minimum Gasteiger partial charge on any atom is -0.338 e. The van der Waals surface area contributed by atoms with E-state index in [-0.39, 0.29) is 5.91 Å². The molecule has 1 aromatic rings. The van der Waals surface area contributed by atoms with Crippen LogP contribution in [0.15, 0.2) is 24.3 Å². The molecule has 2 saturated carbocycles. The first-order valence-corrected chi connectivity index (χ1v) is 7.05. The highest BCUT2D eigenvalue weighted by Crippen LogP contribution is 2.34. The summed E-state index contributed by atoms with van der Waals surface area (Å²) in [6.07, 6.45) is 5.06. The maximum Gasteiger partial charge on any atom is 0.253 e. The lowest BCUT2D eigenvalue weighted by molar-refractivity contribution is 0.0739. The van der Waals surface area contributed by atoms with Gasteiger partial charge in [0, 0.05) is 18.7 Å². The Hall–Kier alpha value is -1.82. The zero-order valence-electron chi connectivity index (χ0n) is 11.0. The van der Waals surface area contributed by atoms with Crippen molar-refractivity contribution in [1.82, 2.24) is 4.90 Å². The Morgan fingerprint density at radius 1 is 1.11 bits per heavy atom. The monoisotopic (exact) mass is 254 g/mol. The van der Waals surface area contributed by atoms with Gasteiger partial charge in [-0.3, -0.25) is 4.79 Å². The molecule has 3 rings (SSSR count). The van der Waals surface area contributed by atoms with Crippen LogP contribution in [0.5, 0.6) is 0 Å². The molecule has 0 aliphatic heterocycles. The molecule has 3 nitrogen and oxygen atoms in total. The van der Waals surface area contributed by atoms with Gasteiger partial charge in [0.1, 0.15) is 0 Å². The summed E-state index contributed by atoms with van der Waals surface area (Å²) < 4.78 is 0. The minimum absolute atomic E-state index is 0.128. The van der Waals surface area contributed by atoms with Crippen LogP contribution in [0.1, 0.15) is 41.6 Å². The number of rotatable bonds is 5. The lowest BCUT2D eigenvalue weighted by atomic mass is 10.1. The Labute approximate surface area is 113 Å². The number of carbonyl (C=O) groups is 1. The number of nitriles is 1. The van der Waals surface area contributed by atoms with Gasteiger partial charge in [-0.2, -0.15) is 5.26 Å². The van der Waals surface area contributed by atoms with Gasteiger partial charge in [-0.1, -0.05) is 0 Å². The molecule has 2 aliphatic rings. The van der Waals surface area contributed by atoms with E-state index in [2.05, 4.69) is 6.07 Å². The van der Waals surface area contributed by atoms with Crippen molar-refractivity contribution in [2.45, 2.75) is 25.7 Å². The summed E-state index contributed by atoms with van der Waals surface area (Å²) in [4.78, 5) is 14.5. The average molecular weight is 254 g/mol. The fourth-order valence-corrected chi connectivity index (χ4v) is 2.33. The van der Waals surface area contributed by atoms with E-state index in [9.17, 15) is 4.79 Å². The Morgan fingerprint density at radius 2 is 1.63 bits per heavy atom. The van der Waals surface area contributed by atoms with Crippen molar-refractivity contribution in [3.05, 3.63) is 35.4 Å². The quantitative estimate of drug-likeness (QED) is 0.811. The molecule has 0 spiro atoms. The smallest absolute Gasteiger partial charge is 0.253 e. The standard InChI is InChI=1S/C16H18N2O/c17-9-12-5-7-15(8-6-12)16(19)18(10-13-1-2-13)11-14-3-4-14/h5-8,13-14H,1-4,10-11H2. The third-order valence-electron chi connectivity index (χ3n) is 3.90. The summed E-state index contributed by atoms with van der Waals surface area (Å²) in [7, 11) is 0. The zero-order valence-corrected chi connectivity index (χ0v) is 11.0. The number of amides is 1. The van der Waals surface area contributed by atoms with Gasteiger partial charge in [0.15, 0.2) is 0 Å². The van der Waals surface area contributed by atoms with Crippen molar-refractivity contribution in [2.24, 2.45) is 11.8 Å². The minimum atomic E-state index is 0.128. The Balaban J connectivity index is 1.71. The van der Waals surface area contributed by atoms with E-state index in [1.807, 2.05) is 4.90 Å². The van der Waals surface area contributed by atoms with Gasteiger partial charge in [0.25, 0.3) is 5.91 Å². The van der Waals surface area contributed by atoms with Gasteiger partial charge >= 0.3 is 0 Å². The SMILES string of the molecule is N#Cc1ccc(C(=O)N(CC2CC2)CC2CC2)cc1. The van der Waals surface area contributed by atoms with E-state index in [4.69, 9.17) is 5.26 Å². The number of benzene rings is 1. The zero-order chi connectivity index (χ0) is 13.2. The first kappa shape index (κ1) is 12.2. The lowest BCUT2D eigenvalue weighted by Gasteiger charge is -2.22. The molecule has 1 aromatic carbocycles. The maximum atomic E-state index is 12.5. The molecule has 3 heteroatoms. The molecular formula is C16H18N2O. The molecule has 0 unspecified atom stereocenters. The molecular weight excluding hydrogens is 236 g/mol. The van der Waals surface area contributed by atoms with Crippen LogP contribution >= 0.6 is 0 Å². The molecule has 0 atom stereocenters. The molecule has 2 aliphatic carbocycles. The van der Waals surface area contributed by atoms with Crippen LogP contribution in [0, 0.1) is 23.2 Å². The molecule has 98 valence electrons. The summed E-state index contributed by atoms with van der Waals surface area (Å²) in [5.74, 6) is 1.57. The highest BCUT2D eigenvalue weighted by atomic mass is 16.2. The molecule has 19 heavy (non-hydrogen) atoms. The number of carbonyl (C=O) groups excluding carboxylic acids is 1. The highest BCUT2D eigenvalue weighted by Gasteiger charge is 2.31. The molecule has 2 fully saturated rings. The van der Waals surface area contributed by atoms with Crippen molar-refractivity contribution >= 4 is 5.91 Å². The second kappa shape index (κ2) is 5.05. The van der Waals surface area contributed by atoms with E-state index >= 15 is 0 Å². The molecule has 0 aromatic heterocycles. The highest BCUT2D eigenvalue weighted by molar-refractivity contribution is 5.94. The molecule has 1 amide bonds. The van der Waals surface area contributed by atoms with Crippen molar-refractivity contribution in [3.8, 4) is 6.07 Å². The van der Waals surface area contributed by atoms with Gasteiger partial charge in [-0.25, -0.2) is 0 Å². The van der Waals surface area contributed by atoms with E-state index in [0.717, 1.165) is 24.9 Å². The predicted octanol–water partition coefficient (Wildman–Crippen LogP) is 2.82. The Bertz CT molecular complexity index is 493.